The van der Waals surface area contributed by atoms with Gasteiger partial charge in [-0.3, -0.25) is 0 Å². The molecular formula is C13H18N2O3. The van der Waals surface area contributed by atoms with Crippen LogP contribution in [-0.2, 0) is 12.8 Å². The maximum absolute atomic E-state index is 11.2. The van der Waals surface area contributed by atoms with Crippen LogP contribution in [0.4, 0.5) is 5.82 Å². The molecule has 98 valence electrons. The van der Waals surface area contributed by atoms with Gasteiger partial charge in [0.15, 0.2) is 0 Å². The minimum Gasteiger partial charge on any atom is -0.478 e. The molecule has 2 rings (SSSR count). The van der Waals surface area contributed by atoms with Gasteiger partial charge in [0.2, 0.25) is 0 Å². The zero-order valence-electron chi connectivity index (χ0n) is 10.3. The molecule has 0 bridgehead atoms. The van der Waals surface area contributed by atoms with Crippen molar-refractivity contribution in [1.82, 2.24) is 4.98 Å². The van der Waals surface area contributed by atoms with E-state index in [1.165, 1.54) is 0 Å². The molecule has 0 fully saturated rings. The number of unbranched alkanes of at least 4 members (excludes halogenated alkanes) is 1. The van der Waals surface area contributed by atoms with Gasteiger partial charge in [-0.2, -0.15) is 0 Å². The smallest absolute Gasteiger partial charge is 0.339 e. The number of aliphatic hydroxyl groups excluding tert-OH is 1. The van der Waals surface area contributed by atoms with Gasteiger partial charge in [-0.25, -0.2) is 9.78 Å². The molecule has 0 atom stereocenters. The van der Waals surface area contributed by atoms with E-state index in [4.69, 9.17) is 5.11 Å². The Kier molecular flexibility index (Phi) is 4.15. The lowest BCUT2D eigenvalue weighted by Gasteiger charge is -2.10. The zero-order valence-corrected chi connectivity index (χ0v) is 10.3. The third-order valence-corrected chi connectivity index (χ3v) is 3.16. The van der Waals surface area contributed by atoms with Crippen LogP contribution in [0.1, 0.15) is 40.9 Å². The molecule has 1 aliphatic carbocycles. The van der Waals surface area contributed by atoms with E-state index in [1.54, 1.807) is 6.07 Å². The summed E-state index contributed by atoms with van der Waals surface area (Å²) in [5.41, 5.74) is 2.33. The fourth-order valence-corrected chi connectivity index (χ4v) is 2.21. The number of carboxylic acids is 1. The average Bonchev–Trinajstić information content (AvgIpc) is 2.80. The third kappa shape index (κ3) is 2.79. The lowest BCUT2D eigenvalue weighted by Crippen LogP contribution is -2.11. The van der Waals surface area contributed by atoms with Gasteiger partial charge in [0.25, 0.3) is 0 Å². The molecule has 0 aliphatic heterocycles. The first-order valence-electron chi connectivity index (χ1n) is 6.33. The SMILES string of the molecule is O=C(O)c1cc2c(nc1NCCCCO)CCC2. The maximum Gasteiger partial charge on any atom is 0.339 e. The van der Waals surface area contributed by atoms with Crippen LogP contribution in [0.15, 0.2) is 6.07 Å². The number of carboxylic acid groups (broad SMARTS) is 1. The number of rotatable bonds is 6. The molecule has 0 saturated carbocycles. The second kappa shape index (κ2) is 5.82. The molecule has 0 spiro atoms. The van der Waals surface area contributed by atoms with E-state index in [1.807, 2.05) is 0 Å². The summed E-state index contributed by atoms with van der Waals surface area (Å²) in [6, 6.07) is 1.74. The Balaban J connectivity index is 2.14. The Labute approximate surface area is 106 Å². The van der Waals surface area contributed by atoms with Crippen LogP contribution in [0.5, 0.6) is 0 Å². The fraction of sp³-hybridized carbons (Fsp3) is 0.538. The molecule has 0 aromatic carbocycles. The first-order valence-corrected chi connectivity index (χ1v) is 6.33. The Morgan fingerprint density at radius 3 is 2.94 bits per heavy atom. The minimum absolute atomic E-state index is 0.158. The quantitative estimate of drug-likeness (QED) is 0.666. The standard InChI is InChI=1S/C13H18N2O3/c16-7-2-1-6-14-12-10(13(17)18)8-9-4-3-5-11(9)15-12/h8,16H,1-7H2,(H,14,15)(H,17,18). The van der Waals surface area contributed by atoms with Gasteiger partial charge in [0, 0.05) is 18.8 Å². The molecular weight excluding hydrogens is 232 g/mol. The van der Waals surface area contributed by atoms with E-state index in [2.05, 4.69) is 10.3 Å². The van der Waals surface area contributed by atoms with Crippen LogP contribution in [0, 0.1) is 0 Å². The van der Waals surface area contributed by atoms with Gasteiger partial charge in [-0.15, -0.1) is 0 Å². The largest absolute Gasteiger partial charge is 0.478 e. The van der Waals surface area contributed by atoms with Crippen LogP contribution >= 0.6 is 0 Å². The molecule has 1 heterocycles. The number of aliphatic hydroxyl groups is 1. The number of anilines is 1. The maximum atomic E-state index is 11.2. The Morgan fingerprint density at radius 2 is 2.22 bits per heavy atom. The number of pyridine rings is 1. The third-order valence-electron chi connectivity index (χ3n) is 3.16. The summed E-state index contributed by atoms with van der Waals surface area (Å²) in [5, 5.41) is 20.9. The second-order valence-corrected chi connectivity index (χ2v) is 4.51. The number of aromatic nitrogens is 1. The number of fused-ring (bicyclic) bond motifs is 1. The summed E-state index contributed by atoms with van der Waals surface area (Å²) in [5.74, 6) is -0.483. The van der Waals surface area contributed by atoms with E-state index < -0.39 is 5.97 Å². The lowest BCUT2D eigenvalue weighted by molar-refractivity contribution is 0.0697. The molecule has 0 saturated heterocycles. The monoisotopic (exact) mass is 250 g/mol. The van der Waals surface area contributed by atoms with Gasteiger partial charge in [-0.05, 0) is 43.7 Å². The summed E-state index contributed by atoms with van der Waals surface area (Å²) in [4.78, 5) is 15.6. The molecule has 5 heteroatoms. The van der Waals surface area contributed by atoms with Crippen molar-refractivity contribution >= 4 is 11.8 Å². The van der Waals surface area contributed by atoms with Crippen LogP contribution in [-0.4, -0.2) is 34.3 Å². The summed E-state index contributed by atoms with van der Waals surface area (Å²) >= 11 is 0. The molecule has 5 nitrogen and oxygen atoms in total. The Bertz CT molecular complexity index is 446. The molecule has 0 radical (unpaired) electrons. The lowest BCUT2D eigenvalue weighted by atomic mass is 10.1. The molecule has 1 aliphatic rings. The topological polar surface area (TPSA) is 82.5 Å². The molecule has 0 unspecified atom stereocenters. The van der Waals surface area contributed by atoms with Gasteiger partial charge in [0.1, 0.15) is 11.4 Å². The van der Waals surface area contributed by atoms with E-state index in [-0.39, 0.29) is 12.2 Å². The van der Waals surface area contributed by atoms with Gasteiger partial charge in [-0.1, -0.05) is 0 Å². The highest BCUT2D eigenvalue weighted by molar-refractivity contribution is 5.93. The van der Waals surface area contributed by atoms with Gasteiger partial charge >= 0.3 is 5.97 Å². The van der Waals surface area contributed by atoms with Gasteiger partial charge < -0.3 is 15.5 Å². The highest BCUT2D eigenvalue weighted by Gasteiger charge is 2.19. The highest BCUT2D eigenvalue weighted by Crippen LogP contribution is 2.25. The number of nitrogens with one attached hydrogen (secondary N) is 1. The predicted molar refractivity (Wildman–Crippen MR) is 68.0 cm³/mol. The summed E-state index contributed by atoms with van der Waals surface area (Å²) in [7, 11) is 0. The van der Waals surface area contributed by atoms with Gasteiger partial charge in [0.05, 0.1) is 0 Å². The zero-order chi connectivity index (χ0) is 13.0. The summed E-state index contributed by atoms with van der Waals surface area (Å²) < 4.78 is 0. The van der Waals surface area contributed by atoms with Crippen molar-refractivity contribution in [3.63, 3.8) is 0 Å². The molecule has 0 amide bonds. The normalized spacial score (nSPS) is 13.4. The van der Waals surface area contributed by atoms with Crippen molar-refractivity contribution in [2.75, 3.05) is 18.5 Å². The minimum atomic E-state index is -0.943. The van der Waals surface area contributed by atoms with Crippen molar-refractivity contribution in [2.45, 2.75) is 32.1 Å². The predicted octanol–water partition coefficient (Wildman–Crippen LogP) is 1.45. The number of hydrogen-bond donors (Lipinski definition) is 3. The van der Waals surface area contributed by atoms with E-state index in [0.717, 1.165) is 36.9 Å². The molecule has 18 heavy (non-hydrogen) atoms. The fourth-order valence-electron chi connectivity index (χ4n) is 2.21. The molecule has 1 aromatic heterocycles. The number of carbonyl (C=O) groups is 1. The Morgan fingerprint density at radius 1 is 1.39 bits per heavy atom. The van der Waals surface area contributed by atoms with Crippen LogP contribution in [0.25, 0.3) is 0 Å². The van der Waals surface area contributed by atoms with Crippen molar-refractivity contribution in [3.8, 4) is 0 Å². The van der Waals surface area contributed by atoms with Crippen LogP contribution < -0.4 is 5.32 Å². The van der Waals surface area contributed by atoms with Crippen LogP contribution in [0.2, 0.25) is 0 Å². The van der Waals surface area contributed by atoms with Crippen molar-refractivity contribution in [3.05, 3.63) is 22.9 Å². The summed E-state index contributed by atoms with van der Waals surface area (Å²) in [6.07, 6.45) is 4.41. The van der Waals surface area contributed by atoms with E-state index in [9.17, 15) is 9.90 Å². The van der Waals surface area contributed by atoms with Crippen LogP contribution in [0.3, 0.4) is 0 Å². The van der Waals surface area contributed by atoms with Crippen molar-refractivity contribution in [2.24, 2.45) is 0 Å². The molecule has 3 N–H and O–H groups in total. The first kappa shape index (κ1) is 12.8. The van der Waals surface area contributed by atoms with Crippen molar-refractivity contribution in [1.29, 1.82) is 0 Å². The number of hydrogen-bond acceptors (Lipinski definition) is 4. The van der Waals surface area contributed by atoms with E-state index in [0.29, 0.717) is 18.8 Å². The number of aromatic carboxylic acids is 1. The Hall–Kier alpha value is -1.62. The average molecular weight is 250 g/mol. The van der Waals surface area contributed by atoms with E-state index >= 15 is 0 Å². The molecule has 1 aromatic rings. The van der Waals surface area contributed by atoms with Crippen molar-refractivity contribution < 1.29 is 15.0 Å². The first-order chi connectivity index (χ1) is 8.72. The number of nitrogens with zero attached hydrogens (tertiary/aromatic N) is 1. The number of aryl methyl sites for hydroxylation is 2. The summed E-state index contributed by atoms with van der Waals surface area (Å²) in [6.45, 7) is 0.789. The second-order valence-electron chi connectivity index (χ2n) is 4.51. The highest BCUT2D eigenvalue weighted by atomic mass is 16.4.